The molecule has 1 aliphatic rings. The van der Waals surface area contributed by atoms with E-state index < -0.39 is 0 Å². The largest absolute Gasteiger partial charge is 0.317 e. The first-order chi connectivity index (χ1) is 8.77. The number of amides is 1. The summed E-state index contributed by atoms with van der Waals surface area (Å²) in [6.45, 7) is 2.19. The van der Waals surface area contributed by atoms with Crippen LogP contribution in [-0.4, -0.2) is 31.0 Å². The summed E-state index contributed by atoms with van der Waals surface area (Å²) in [6.07, 6.45) is 7.48. The Morgan fingerprint density at radius 1 is 1.50 bits per heavy atom. The van der Waals surface area contributed by atoms with Crippen molar-refractivity contribution in [1.29, 1.82) is 0 Å². The minimum atomic E-state index is 0.182. The molecule has 4 nitrogen and oxygen atoms in total. The van der Waals surface area contributed by atoms with Gasteiger partial charge in [-0.05, 0) is 50.4 Å². The van der Waals surface area contributed by atoms with E-state index in [9.17, 15) is 4.79 Å². The first-order valence-corrected chi connectivity index (χ1v) is 6.64. The number of carbonyl (C=O) groups excluding carboxylic acids is 1. The first kappa shape index (κ1) is 13.0. The van der Waals surface area contributed by atoms with Gasteiger partial charge < -0.3 is 10.2 Å². The molecule has 0 atom stereocenters. The molecule has 0 aliphatic carbocycles. The van der Waals surface area contributed by atoms with E-state index in [-0.39, 0.29) is 5.91 Å². The zero-order valence-electron chi connectivity index (χ0n) is 10.9. The van der Waals surface area contributed by atoms with Gasteiger partial charge in [-0.25, -0.2) is 0 Å². The quantitative estimate of drug-likeness (QED) is 0.882. The summed E-state index contributed by atoms with van der Waals surface area (Å²) in [6, 6.07) is 3.77. The molecule has 98 valence electrons. The van der Waals surface area contributed by atoms with Crippen LogP contribution in [0, 0.1) is 5.92 Å². The minimum Gasteiger partial charge on any atom is -0.317 e. The normalized spacial score (nSPS) is 16.5. The summed E-state index contributed by atoms with van der Waals surface area (Å²) in [4.78, 5) is 17.8. The highest BCUT2D eigenvalue weighted by atomic mass is 16.2. The van der Waals surface area contributed by atoms with Gasteiger partial charge in [0, 0.05) is 19.7 Å². The summed E-state index contributed by atoms with van der Waals surface area (Å²) >= 11 is 0. The summed E-state index contributed by atoms with van der Waals surface area (Å²) < 4.78 is 0. The standard InChI is InChI=1S/C14H21N3O/c1-17(13-3-2-8-16-11-13)14(18)5-4-12-6-9-15-10-7-12/h2-3,8,11-12,15H,4-7,9-10H2,1H3. The molecule has 1 saturated heterocycles. The molecule has 2 rings (SSSR count). The smallest absolute Gasteiger partial charge is 0.226 e. The van der Waals surface area contributed by atoms with Crippen LogP contribution in [-0.2, 0) is 4.79 Å². The molecule has 18 heavy (non-hydrogen) atoms. The Labute approximate surface area is 108 Å². The van der Waals surface area contributed by atoms with Crippen molar-refractivity contribution in [2.24, 2.45) is 5.92 Å². The predicted octanol–water partition coefficient (Wildman–Crippen LogP) is 1.82. The van der Waals surface area contributed by atoms with Crippen LogP contribution in [0.3, 0.4) is 0 Å². The lowest BCUT2D eigenvalue weighted by Crippen LogP contribution is -2.30. The van der Waals surface area contributed by atoms with E-state index in [1.807, 2.05) is 19.2 Å². The SMILES string of the molecule is CN(C(=O)CCC1CCNCC1)c1cccnc1. The fourth-order valence-corrected chi connectivity index (χ4v) is 2.36. The van der Waals surface area contributed by atoms with Crippen LogP contribution in [0.1, 0.15) is 25.7 Å². The Kier molecular flexibility index (Phi) is 4.70. The van der Waals surface area contributed by atoms with Gasteiger partial charge in [0.1, 0.15) is 0 Å². The Hall–Kier alpha value is -1.42. The van der Waals surface area contributed by atoms with Crippen molar-refractivity contribution in [2.75, 3.05) is 25.0 Å². The zero-order valence-corrected chi connectivity index (χ0v) is 10.9. The molecule has 1 fully saturated rings. The van der Waals surface area contributed by atoms with E-state index in [2.05, 4.69) is 10.3 Å². The Balaban J connectivity index is 1.80. The lowest BCUT2D eigenvalue weighted by molar-refractivity contribution is -0.118. The van der Waals surface area contributed by atoms with Crippen LogP contribution in [0.4, 0.5) is 5.69 Å². The minimum absolute atomic E-state index is 0.182. The lowest BCUT2D eigenvalue weighted by atomic mass is 9.93. The molecule has 4 heteroatoms. The summed E-state index contributed by atoms with van der Waals surface area (Å²) in [5.74, 6) is 0.888. The maximum Gasteiger partial charge on any atom is 0.226 e. The molecular formula is C14H21N3O. The molecule has 1 amide bonds. The van der Waals surface area contributed by atoms with Crippen LogP contribution in [0.2, 0.25) is 0 Å². The number of pyridine rings is 1. The average Bonchev–Trinajstić information content (AvgIpc) is 2.46. The van der Waals surface area contributed by atoms with Crippen molar-refractivity contribution in [2.45, 2.75) is 25.7 Å². The highest BCUT2D eigenvalue weighted by Crippen LogP contribution is 2.19. The molecule has 0 aromatic carbocycles. The van der Waals surface area contributed by atoms with Gasteiger partial charge in [0.25, 0.3) is 0 Å². The fraction of sp³-hybridized carbons (Fsp3) is 0.571. The summed E-state index contributed by atoms with van der Waals surface area (Å²) in [7, 11) is 1.82. The van der Waals surface area contributed by atoms with E-state index >= 15 is 0 Å². The second kappa shape index (κ2) is 6.50. The maximum atomic E-state index is 12.1. The number of piperidine rings is 1. The molecular weight excluding hydrogens is 226 g/mol. The Bertz CT molecular complexity index is 374. The van der Waals surface area contributed by atoms with Crippen LogP contribution in [0.25, 0.3) is 0 Å². The zero-order chi connectivity index (χ0) is 12.8. The summed E-state index contributed by atoms with van der Waals surface area (Å²) in [5, 5.41) is 3.35. The molecule has 0 saturated carbocycles. The topological polar surface area (TPSA) is 45.2 Å². The van der Waals surface area contributed by atoms with Gasteiger partial charge >= 0.3 is 0 Å². The molecule has 1 aliphatic heterocycles. The van der Waals surface area contributed by atoms with E-state index in [0.29, 0.717) is 12.3 Å². The van der Waals surface area contributed by atoms with Crippen LogP contribution in [0.15, 0.2) is 24.5 Å². The molecule has 1 aromatic heterocycles. The number of nitrogens with one attached hydrogen (secondary N) is 1. The van der Waals surface area contributed by atoms with Crippen molar-refractivity contribution in [3.05, 3.63) is 24.5 Å². The summed E-state index contributed by atoms with van der Waals surface area (Å²) in [5.41, 5.74) is 0.868. The third-order valence-electron chi connectivity index (χ3n) is 3.63. The molecule has 1 N–H and O–H groups in total. The monoisotopic (exact) mass is 247 g/mol. The molecule has 0 unspecified atom stereocenters. The van der Waals surface area contributed by atoms with E-state index in [4.69, 9.17) is 0 Å². The number of nitrogens with zero attached hydrogens (tertiary/aromatic N) is 2. The van der Waals surface area contributed by atoms with Crippen molar-refractivity contribution >= 4 is 11.6 Å². The van der Waals surface area contributed by atoms with E-state index in [0.717, 1.165) is 25.2 Å². The highest BCUT2D eigenvalue weighted by Gasteiger charge is 2.16. The van der Waals surface area contributed by atoms with Crippen molar-refractivity contribution in [3.8, 4) is 0 Å². The van der Waals surface area contributed by atoms with E-state index in [1.54, 1.807) is 17.3 Å². The van der Waals surface area contributed by atoms with Gasteiger partial charge in [0.2, 0.25) is 5.91 Å². The number of hydrogen-bond acceptors (Lipinski definition) is 3. The number of anilines is 1. The molecule has 0 bridgehead atoms. The molecule has 2 heterocycles. The van der Waals surface area contributed by atoms with Gasteiger partial charge in [-0.1, -0.05) is 0 Å². The Morgan fingerprint density at radius 2 is 2.28 bits per heavy atom. The number of aromatic nitrogens is 1. The third-order valence-corrected chi connectivity index (χ3v) is 3.63. The van der Waals surface area contributed by atoms with Gasteiger partial charge in [-0.2, -0.15) is 0 Å². The number of rotatable bonds is 4. The van der Waals surface area contributed by atoms with Crippen molar-refractivity contribution in [1.82, 2.24) is 10.3 Å². The average molecular weight is 247 g/mol. The molecule has 0 radical (unpaired) electrons. The second-order valence-corrected chi connectivity index (χ2v) is 4.90. The number of carbonyl (C=O) groups is 1. The van der Waals surface area contributed by atoms with Crippen LogP contribution >= 0.6 is 0 Å². The second-order valence-electron chi connectivity index (χ2n) is 4.90. The van der Waals surface area contributed by atoms with Crippen LogP contribution in [0.5, 0.6) is 0 Å². The highest BCUT2D eigenvalue weighted by molar-refractivity contribution is 5.92. The van der Waals surface area contributed by atoms with Crippen molar-refractivity contribution in [3.63, 3.8) is 0 Å². The maximum absolute atomic E-state index is 12.1. The molecule has 1 aromatic rings. The van der Waals surface area contributed by atoms with Gasteiger partial charge in [-0.3, -0.25) is 9.78 Å². The fourth-order valence-electron chi connectivity index (χ4n) is 2.36. The molecule has 0 spiro atoms. The first-order valence-electron chi connectivity index (χ1n) is 6.64. The van der Waals surface area contributed by atoms with Gasteiger partial charge in [0.05, 0.1) is 11.9 Å². The van der Waals surface area contributed by atoms with Gasteiger partial charge in [-0.15, -0.1) is 0 Å². The van der Waals surface area contributed by atoms with Crippen molar-refractivity contribution < 1.29 is 4.79 Å². The van der Waals surface area contributed by atoms with Gasteiger partial charge in [0.15, 0.2) is 0 Å². The Morgan fingerprint density at radius 3 is 2.94 bits per heavy atom. The predicted molar refractivity (Wildman–Crippen MR) is 72.5 cm³/mol. The van der Waals surface area contributed by atoms with Crippen LogP contribution < -0.4 is 10.2 Å². The third kappa shape index (κ3) is 3.53. The lowest BCUT2D eigenvalue weighted by Gasteiger charge is -2.23. The van der Waals surface area contributed by atoms with E-state index in [1.165, 1.54) is 12.8 Å². The number of hydrogen-bond donors (Lipinski definition) is 1.